The van der Waals surface area contributed by atoms with Crippen molar-refractivity contribution in [2.24, 2.45) is 0 Å². The number of nitrogens with one attached hydrogen (secondary N) is 1. The zero-order valence-corrected chi connectivity index (χ0v) is 45.5. The Bertz CT molecular complexity index is 1480. The Labute approximate surface area is 448 Å². The van der Waals surface area contributed by atoms with E-state index in [1.807, 2.05) is 6.08 Å². The SMILES string of the molecule is CCCCCCCCCCCCCCC/C=C/CC/C=C/C(O)C(COC1OC(CO)C(OC2OC(CO)C(OC3OC(CO)C(O)C(O)C3O)C(O)C2O)C(O)C1O)NC(=O)CCCCCCCCCCCCC. The zero-order chi connectivity index (χ0) is 54.8. The average Bonchev–Trinajstić information content (AvgIpc) is 3.41. The Hall–Kier alpha value is -1.73. The maximum atomic E-state index is 13.2. The molecule has 3 aliphatic rings. The fraction of sp³-hybridized carbons (Fsp3) is 0.911. The van der Waals surface area contributed by atoms with Crippen LogP contribution in [-0.4, -0.2) is 193 Å². The first-order chi connectivity index (χ1) is 36.3. The second kappa shape index (κ2) is 40.4. The van der Waals surface area contributed by atoms with Gasteiger partial charge in [0.2, 0.25) is 5.91 Å². The molecule has 0 aromatic rings. The summed E-state index contributed by atoms with van der Waals surface area (Å²) in [6.45, 7) is 1.68. The third-order valence-electron chi connectivity index (χ3n) is 14.8. The number of hydrogen-bond donors (Lipinski definition) is 12. The Morgan fingerprint density at radius 1 is 0.467 bits per heavy atom. The molecule has 0 radical (unpaired) electrons. The van der Waals surface area contributed by atoms with Gasteiger partial charge >= 0.3 is 0 Å². The van der Waals surface area contributed by atoms with Crippen LogP contribution in [0.2, 0.25) is 0 Å². The van der Waals surface area contributed by atoms with E-state index >= 15 is 0 Å². The molecule has 0 aromatic carbocycles. The van der Waals surface area contributed by atoms with Gasteiger partial charge in [-0.05, 0) is 32.1 Å². The molecule has 1 amide bonds. The number of carbonyl (C=O) groups excluding carboxylic acids is 1. The Morgan fingerprint density at radius 3 is 1.33 bits per heavy atom. The van der Waals surface area contributed by atoms with Gasteiger partial charge in [-0.15, -0.1) is 0 Å². The van der Waals surface area contributed by atoms with Crippen molar-refractivity contribution >= 4 is 5.91 Å². The van der Waals surface area contributed by atoms with Crippen LogP contribution in [0.4, 0.5) is 0 Å². The van der Waals surface area contributed by atoms with Gasteiger partial charge in [0.25, 0.3) is 0 Å². The van der Waals surface area contributed by atoms with Crippen LogP contribution in [0.1, 0.15) is 194 Å². The highest BCUT2D eigenvalue weighted by Gasteiger charge is 2.53. The summed E-state index contributed by atoms with van der Waals surface area (Å²) in [6.07, 6.45) is 13.2. The molecule has 19 heteroatoms. The molecular formula is C56H103NO18. The van der Waals surface area contributed by atoms with E-state index in [2.05, 4.69) is 31.3 Å². The third-order valence-corrected chi connectivity index (χ3v) is 14.8. The number of allylic oxidation sites excluding steroid dienone is 3. The van der Waals surface area contributed by atoms with Crippen LogP contribution in [0.15, 0.2) is 24.3 Å². The molecule has 3 heterocycles. The standard InChI is InChI=1S/C56H103NO18/c1-3-5-7-9-11-13-15-16-17-18-19-20-21-22-24-25-27-29-31-33-40(61)39(57-44(62)34-32-30-28-26-23-14-12-10-8-6-4-2)38-70-54-50(68)47(65)52(42(36-59)72-54)75-56-51(69)48(66)53(43(37-60)73-56)74-55-49(67)46(64)45(63)41(35-58)71-55/h24-25,31,33,39-43,45-56,58-61,63-69H,3-23,26-30,32,34-38H2,1-2H3,(H,57,62)/b25-24+,33-31+. The largest absolute Gasteiger partial charge is 0.394 e. The fourth-order valence-corrected chi connectivity index (χ4v) is 9.91. The van der Waals surface area contributed by atoms with Gasteiger partial charge in [0.1, 0.15) is 73.2 Å². The van der Waals surface area contributed by atoms with Crippen molar-refractivity contribution in [2.45, 2.75) is 298 Å². The molecule has 3 rings (SSSR count). The van der Waals surface area contributed by atoms with Gasteiger partial charge in [0.15, 0.2) is 18.9 Å². The number of aliphatic hydroxyl groups is 11. The van der Waals surface area contributed by atoms with E-state index in [4.69, 9.17) is 28.4 Å². The molecule has 0 spiro atoms. The Balaban J connectivity index is 1.52. The van der Waals surface area contributed by atoms with E-state index in [1.54, 1.807) is 6.08 Å². The second-order valence-electron chi connectivity index (χ2n) is 21.1. The molecule has 0 aromatic heterocycles. The lowest BCUT2D eigenvalue weighted by atomic mass is 9.96. The van der Waals surface area contributed by atoms with Gasteiger partial charge < -0.3 is 89.9 Å². The third kappa shape index (κ3) is 25.1. The molecule has 12 N–H and O–H groups in total. The van der Waals surface area contributed by atoms with Gasteiger partial charge in [-0.3, -0.25) is 4.79 Å². The number of unbranched alkanes of at least 4 members (excludes halogenated alkanes) is 24. The molecule has 17 unspecified atom stereocenters. The molecule has 0 saturated carbocycles. The van der Waals surface area contributed by atoms with Crippen molar-refractivity contribution in [2.75, 3.05) is 26.4 Å². The van der Waals surface area contributed by atoms with Crippen LogP contribution >= 0.6 is 0 Å². The first kappa shape index (κ1) is 67.5. The number of carbonyl (C=O) groups is 1. The fourth-order valence-electron chi connectivity index (χ4n) is 9.91. The molecule has 3 aliphatic heterocycles. The summed E-state index contributed by atoms with van der Waals surface area (Å²) in [7, 11) is 0. The zero-order valence-electron chi connectivity index (χ0n) is 45.5. The maximum absolute atomic E-state index is 13.2. The van der Waals surface area contributed by atoms with E-state index in [1.165, 1.54) is 122 Å². The van der Waals surface area contributed by atoms with E-state index < -0.39 is 124 Å². The lowest BCUT2D eigenvalue weighted by Crippen LogP contribution is -2.66. The van der Waals surface area contributed by atoms with Crippen LogP contribution in [0.5, 0.6) is 0 Å². The first-order valence-corrected chi connectivity index (χ1v) is 29.1. The monoisotopic (exact) mass is 1080 g/mol. The highest BCUT2D eigenvalue weighted by atomic mass is 16.8. The summed E-state index contributed by atoms with van der Waals surface area (Å²) in [5, 5.41) is 120. The summed E-state index contributed by atoms with van der Waals surface area (Å²) in [4.78, 5) is 13.2. The van der Waals surface area contributed by atoms with Crippen molar-refractivity contribution in [3.63, 3.8) is 0 Å². The van der Waals surface area contributed by atoms with Crippen LogP contribution < -0.4 is 5.32 Å². The average molecular weight is 1080 g/mol. The molecule has 3 fully saturated rings. The summed E-state index contributed by atoms with van der Waals surface area (Å²) < 4.78 is 34.2. The van der Waals surface area contributed by atoms with Crippen LogP contribution in [0.3, 0.4) is 0 Å². The van der Waals surface area contributed by atoms with Crippen LogP contribution in [-0.2, 0) is 33.2 Å². The molecular weight excluding hydrogens is 975 g/mol. The van der Waals surface area contributed by atoms with Gasteiger partial charge in [0.05, 0.1) is 38.6 Å². The minimum absolute atomic E-state index is 0.239. The molecule has 19 nitrogen and oxygen atoms in total. The minimum Gasteiger partial charge on any atom is -0.394 e. The number of rotatable bonds is 42. The molecule has 17 atom stereocenters. The number of aliphatic hydroxyl groups excluding tert-OH is 11. The number of hydrogen-bond acceptors (Lipinski definition) is 18. The summed E-state index contributed by atoms with van der Waals surface area (Å²) >= 11 is 0. The van der Waals surface area contributed by atoms with Gasteiger partial charge in [0, 0.05) is 6.42 Å². The lowest BCUT2D eigenvalue weighted by molar-refractivity contribution is -0.379. The first-order valence-electron chi connectivity index (χ1n) is 29.1. The highest BCUT2D eigenvalue weighted by Crippen LogP contribution is 2.33. The van der Waals surface area contributed by atoms with E-state index in [-0.39, 0.29) is 18.9 Å². The smallest absolute Gasteiger partial charge is 0.220 e. The van der Waals surface area contributed by atoms with Crippen LogP contribution in [0, 0.1) is 0 Å². The van der Waals surface area contributed by atoms with Gasteiger partial charge in [-0.25, -0.2) is 0 Å². The molecule has 0 aliphatic carbocycles. The van der Waals surface area contributed by atoms with Crippen molar-refractivity contribution in [3.05, 3.63) is 24.3 Å². The second-order valence-corrected chi connectivity index (χ2v) is 21.1. The normalized spacial score (nSPS) is 31.3. The van der Waals surface area contributed by atoms with E-state index in [0.29, 0.717) is 12.8 Å². The lowest BCUT2D eigenvalue weighted by Gasteiger charge is -2.48. The topological polar surface area (TPSA) is 307 Å². The molecule has 440 valence electrons. The van der Waals surface area contributed by atoms with Crippen molar-refractivity contribution in [3.8, 4) is 0 Å². The summed E-state index contributed by atoms with van der Waals surface area (Å²) in [5.74, 6) is -0.287. The number of ether oxygens (including phenoxy) is 6. The van der Waals surface area contributed by atoms with Crippen molar-refractivity contribution in [1.82, 2.24) is 5.32 Å². The summed E-state index contributed by atoms with van der Waals surface area (Å²) in [6, 6.07) is -0.983. The van der Waals surface area contributed by atoms with E-state index in [9.17, 15) is 61.0 Å². The van der Waals surface area contributed by atoms with Gasteiger partial charge in [-0.2, -0.15) is 0 Å². The minimum atomic E-state index is -1.98. The molecule has 0 bridgehead atoms. The molecule has 3 saturated heterocycles. The Kier molecular flexibility index (Phi) is 36.4. The predicted octanol–water partition coefficient (Wildman–Crippen LogP) is 4.37. The maximum Gasteiger partial charge on any atom is 0.220 e. The van der Waals surface area contributed by atoms with E-state index in [0.717, 1.165) is 38.5 Å². The van der Waals surface area contributed by atoms with Crippen LogP contribution in [0.25, 0.3) is 0 Å². The Morgan fingerprint density at radius 2 is 0.853 bits per heavy atom. The summed E-state index contributed by atoms with van der Waals surface area (Å²) in [5.41, 5.74) is 0. The quantitative estimate of drug-likeness (QED) is 0.0298. The van der Waals surface area contributed by atoms with Crippen molar-refractivity contribution < 1.29 is 89.4 Å². The predicted molar refractivity (Wildman–Crippen MR) is 282 cm³/mol. The van der Waals surface area contributed by atoms with Gasteiger partial charge in [-0.1, -0.05) is 179 Å². The number of amides is 1. The highest BCUT2D eigenvalue weighted by molar-refractivity contribution is 5.76. The molecule has 75 heavy (non-hydrogen) atoms. The van der Waals surface area contributed by atoms with Crippen molar-refractivity contribution in [1.29, 1.82) is 0 Å².